The first-order valence-corrected chi connectivity index (χ1v) is 13.7. The van der Waals surface area contributed by atoms with E-state index in [1.807, 2.05) is 53.1 Å². The van der Waals surface area contributed by atoms with E-state index < -0.39 is 5.60 Å². The van der Waals surface area contributed by atoms with Gasteiger partial charge in [0, 0.05) is 25.3 Å². The molecule has 6 rings (SSSR count). The highest BCUT2D eigenvalue weighted by Crippen LogP contribution is 2.39. The Balaban J connectivity index is 1.35. The lowest BCUT2D eigenvalue weighted by atomic mass is 9.84. The lowest BCUT2D eigenvalue weighted by Crippen LogP contribution is -2.42. The fraction of sp³-hybridized carbons (Fsp3) is 0.387. The number of aromatic nitrogens is 2. The van der Waals surface area contributed by atoms with Gasteiger partial charge in [0.05, 0.1) is 28.0 Å². The van der Waals surface area contributed by atoms with Crippen LogP contribution in [0.3, 0.4) is 0 Å². The SMILES string of the molecule is O=c1[nH]c2cc(Nc3ccccc3)c(N3CCC(O)(c4ccccc4)CC3)cc2n1CC1CCCCC1. The average molecular weight is 497 g/mol. The van der Waals surface area contributed by atoms with Crippen molar-refractivity contribution in [2.24, 2.45) is 5.92 Å². The van der Waals surface area contributed by atoms with Crippen molar-refractivity contribution < 1.29 is 5.11 Å². The van der Waals surface area contributed by atoms with E-state index in [2.05, 4.69) is 39.5 Å². The number of hydrogen-bond donors (Lipinski definition) is 3. The molecule has 0 amide bonds. The number of aromatic amines is 1. The molecule has 0 radical (unpaired) electrons. The maximum atomic E-state index is 13.1. The van der Waals surface area contributed by atoms with E-state index in [1.165, 1.54) is 32.1 Å². The van der Waals surface area contributed by atoms with E-state index in [9.17, 15) is 9.90 Å². The van der Waals surface area contributed by atoms with Crippen LogP contribution in [-0.4, -0.2) is 27.7 Å². The molecule has 2 fully saturated rings. The van der Waals surface area contributed by atoms with E-state index in [1.54, 1.807) is 0 Å². The maximum Gasteiger partial charge on any atom is 0.326 e. The molecular formula is C31H36N4O2. The van der Waals surface area contributed by atoms with Crippen LogP contribution in [0.5, 0.6) is 0 Å². The smallest absolute Gasteiger partial charge is 0.326 e. The Morgan fingerprint density at radius 1 is 0.919 bits per heavy atom. The number of nitrogens with one attached hydrogen (secondary N) is 2. The minimum atomic E-state index is -0.813. The number of benzene rings is 3. The molecule has 1 saturated carbocycles. The molecule has 1 aliphatic carbocycles. The van der Waals surface area contributed by atoms with Gasteiger partial charge in [0.25, 0.3) is 0 Å². The van der Waals surface area contributed by atoms with Gasteiger partial charge in [-0.25, -0.2) is 4.79 Å². The molecule has 6 nitrogen and oxygen atoms in total. The summed E-state index contributed by atoms with van der Waals surface area (Å²) in [5, 5.41) is 15.0. The summed E-state index contributed by atoms with van der Waals surface area (Å²) in [4.78, 5) is 18.5. The van der Waals surface area contributed by atoms with Crippen LogP contribution in [0.4, 0.5) is 17.1 Å². The predicted octanol–water partition coefficient (Wildman–Crippen LogP) is 6.14. The summed E-state index contributed by atoms with van der Waals surface area (Å²) in [5.74, 6) is 0.562. The Morgan fingerprint density at radius 2 is 1.59 bits per heavy atom. The van der Waals surface area contributed by atoms with Crippen LogP contribution in [0.15, 0.2) is 77.6 Å². The van der Waals surface area contributed by atoms with Crippen LogP contribution < -0.4 is 15.9 Å². The quantitative estimate of drug-likeness (QED) is 0.300. The van der Waals surface area contributed by atoms with Crippen LogP contribution >= 0.6 is 0 Å². The predicted molar refractivity (Wildman–Crippen MR) is 151 cm³/mol. The van der Waals surface area contributed by atoms with Crippen molar-refractivity contribution in [1.29, 1.82) is 0 Å². The van der Waals surface area contributed by atoms with E-state index in [0.29, 0.717) is 18.8 Å². The Labute approximate surface area is 217 Å². The fourth-order valence-corrected chi connectivity index (χ4v) is 6.20. The zero-order chi connectivity index (χ0) is 25.2. The van der Waals surface area contributed by atoms with Gasteiger partial charge in [0.15, 0.2) is 0 Å². The normalized spacial score (nSPS) is 18.2. The van der Waals surface area contributed by atoms with Gasteiger partial charge >= 0.3 is 5.69 Å². The number of aliphatic hydroxyl groups is 1. The van der Waals surface area contributed by atoms with Crippen LogP contribution in [0.25, 0.3) is 11.0 Å². The van der Waals surface area contributed by atoms with Gasteiger partial charge in [-0.05, 0) is 61.4 Å². The standard InChI is InChI=1S/C31H36N4O2/c36-30-33-27-20-26(32-25-14-8-3-9-15-25)28(21-29(27)35(30)22-23-10-4-1-5-11-23)34-18-16-31(37,17-19-34)24-12-6-2-7-13-24/h2-3,6-9,12-15,20-21,23,32,37H,1,4-5,10-11,16-19,22H2,(H,33,36). The fourth-order valence-electron chi connectivity index (χ4n) is 6.20. The van der Waals surface area contributed by atoms with E-state index >= 15 is 0 Å². The monoisotopic (exact) mass is 496 g/mol. The third kappa shape index (κ3) is 4.90. The molecule has 1 aromatic heterocycles. The molecule has 2 heterocycles. The number of para-hydroxylation sites is 1. The molecule has 6 heteroatoms. The average Bonchev–Trinajstić information content (AvgIpc) is 3.24. The van der Waals surface area contributed by atoms with Gasteiger partial charge in [0.2, 0.25) is 0 Å². The third-order valence-electron chi connectivity index (χ3n) is 8.35. The number of piperidine rings is 1. The summed E-state index contributed by atoms with van der Waals surface area (Å²) in [6.07, 6.45) is 7.53. The van der Waals surface area contributed by atoms with Crippen LogP contribution in [-0.2, 0) is 12.1 Å². The van der Waals surface area contributed by atoms with Crippen molar-refractivity contribution in [2.45, 2.75) is 57.1 Å². The maximum absolute atomic E-state index is 13.1. The van der Waals surface area contributed by atoms with Crippen LogP contribution in [0.1, 0.15) is 50.5 Å². The number of fused-ring (bicyclic) bond motifs is 1. The molecule has 3 N–H and O–H groups in total. The molecule has 0 unspecified atom stereocenters. The first-order chi connectivity index (χ1) is 18.1. The van der Waals surface area contributed by atoms with Crippen molar-refractivity contribution in [3.63, 3.8) is 0 Å². The lowest BCUT2D eigenvalue weighted by Gasteiger charge is -2.40. The molecule has 192 valence electrons. The van der Waals surface area contributed by atoms with E-state index in [-0.39, 0.29) is 5.69 Å². The molecule has 37 heavy (non-hydrogen) atoms. The number of H-pyrrole nitrogens is 1. The van der Waals surface area contributed by atoms with E-state index in [4.69, 9.17) is 0 Å². The summed E-state index contributed by atoms with van der Waals surface area (Å²) in [5.41, 5.74) is 5.02. The lowest BCUT2D eigenvalue weighted by molar-refractivity contribution is 0.0118. The van der Waals surface area contributed by atoms with Crippen LogP contribution in [0.2, 0.25) is 0 Å². The van der Waals surface area contributed by atoms with Crippen molar-refractivity contribution in [3.05, 3.63) is 88.8 Å². The Morgan fingerprint density at radius 3 is 2.30 bits per heavy atom. The summed E-state index contributed by atoms with van der Waals surface area (Å²) < 4.78 is 1.95. The summed E-state index contributed by atoms with van der Waals surface area (Å²) in [6, 6.07) is 24.4. The van der Waals surface area contributed by atoms with Crippen LogP contribution in [0, 0.1) is 5.92 Å². The number of hydrogen-bond acceptors (Lipinski definition) is 4. The number of nitrogens with zero attached hydrogens (tertiary/aromatic N) is 2. The second-order valence-electron chi connectivity index (χ2n) is 10.8. The highest BCUT2D eigenvalue weighted by molar-refractivity contribution is 5.90. The third-order valence-corrected chi connectivity index (χ3v) is 8.35. The van der Waals surface area contributed by atoms with Gasteiger partial charge in [0.1, 0.15) is 0 Å². The minimum Gasteiger partial charge on any atom is -0.385 e. The molecular weight excluding hydrogens is 460 g/mol. The molecule has 0 atom stereocenters. The summed E-state index contributed by atoms with van der Waals surface area (Å²) in [7, 11) is 0. The van der Waals surface area contributed by atoms with Gasteiger partial charge in [-0.2, -0.15) is 0 Å². The Hall–Kier alpha value is -3.51. The zero-order valence-electron chi connectivity index (χ0n) is 21.3. The number of imidazole rings is 1. The number of rotatable bonds is 6. The van der Waals surface area contributed by atoms with Gasteiger partial charge < -0.3 is 20.3 Å². The highest BCUT2D eigenvalue weighted by atomic mass is 16.3. The largest absolute Gasteiger partial charge is 0.385 e. The molecule has 1 aliphatic heterocycles. The molecule has 2 aliphatic rings. The topological polar surface area (TPSA) is 73.3 Å². The zero-order valence-corrected chi connectivity index (χ0v) is 21.3. The first-order valence-electron chi connectivity index (χ1n) is 13.7. The Kier molecular flexibility index (Phi) is 6.51. The van der Waals surface area contributed by atoms with Crippen molar-refractivity contribution in [1.82, 2.24) is 9.55 Å². The van der Waals surface area contributed by atoms with Crippen molar-refractivity contribution >= 4 is 28.1 Å². The first kappa shape index (κ1) is 23.9. The van der Waals surface area contributed by atoms with Crippen molar-refractivity contribution in [3.8, 4) is 0 Å². The highest BCUT2D eigenvalue weighted by Gasteiger charge is 2.34. The van der Waals surface area contributed by atoms with Gasteiger partial charge in [-0.3, -0.25) is 4.57 Å². The molecule has 0 bridgehead atoms. The van der Waals surface area contributed by atoms with Gasteiger partial charge in [-0.15, -0.1) is 0 Å². The summed E-state index contributed by atoms with van der Waals surface area (Å²) in [6.45, 7) is 2.24. The molecule has 3 aromatic carbocycles. The molecule has 1 saturated heterocycles. The second kappa shape index (κ2) is 10.1. The molecule has 0 spiro atoms. The Bertz CT molecular complexity index is 1400. The molecule has 4 aromatic rings. The second-order valence-corrected chi connectivity index (χ2v) is 10.8. The summed E-state index contributed by atoms with van der Waals surface area (Å²) >= 11 is 0. The minimum absolute atomic E-state index is 0.0273. The van der Waals surface area contributed by atoms with Gasteiger partial charge in [-0.1, -0.05) is 67.8 Å². The van der Waals surface area contributed by atoms with E-state index in [0.717, 1.165) is 53.3 Å². The number of anilines is 3. The van der Waals surface area contributed by atoms with Crippen molar-refractivity contribution in [2.75, 3.05) is 23.3 Å².